The van der Waals surface area contributed by atoms with Crippen molar-refractivity contribution in [3.63, 3.8) is 0 Å². The molecule has 4 heteroatoms. The zero-order chi connectivity index (χ0) is 12.3. The van der Waals surface area contributed by atoms with E-state index in [0.717, 1.165) is 26.2 Å². The number of carbonyl (C=O) groups excluding carboxylic acids is 1. The zero-order valence-corrected chi connectivity index (χ0v) is 11.1. The Kier molecular flexibility index (Phi) is 4.26. The van der Waals surface area contributed by atoms with Crippen LogP contribution in [0.25, 0.3) is 0 Å². The molecule has 98 valence electrons. The average molecular weight is 239 g/mol. The number of urea groups is 1. The monoisotopic (exact) mass is 239 g/mol. The van der Waals surface area contributed by atoms with E-state index in [1.165, 1.54) is 25.7 Å². The summed E-state index contributed by atoms with van der Waals surface area (Å²) >= 11 is 0. The quantitative estimate of drug-likeness (QED) is 0.698. The smallest absolute Gasteiger partial charge is 0.320 e. The molecule has 0 radical (unpaired) electrons. The fraction of sp³-hybridized carbons (Fsp3) is 0.923. The first-order chi connectivity index (χ1) is 8.16. The molecule has 17 heavy (non-hydrogen) atoms. The van der Waals surface area contributed by atoms with Gasteiger partial charge in [0.05, 0.1) is 0 Å². The number of carbonyl (C=O) groups is 1. The first kappa shape index (κ1) is 12.7. The molecule has 0 aromatic carbocycles. The second-order valence-electron chi connectivity index (χ2n) is 5.56. The van der Waals surface area contributed by atoms with Gasteiger partial charge in [-0.15, -0.1) is 0 Å². The van der Waals surface area contributed by atoms with Gasteiger partial charge in [-0.05, 0) is 26.7 Å². The summed E-state index contributed by atoms with van der Waals surface area (Å²) in [6, 6.07) is 1.08. The maximum Gasteiger partial charge on any atom is 0.320 e. The van der Waals surface area contributed by atoms with Crippen molar-refractivity contribution >= 4 is 6.03 Å². The lowest BCUT2D eigenvalue weighted by Gasteiger charge is -2.38. The number of hydrogen-bond acceptors (Lipinski definition) is 2. The minimum atomic E-state index is 0.257. The van der Waals surface area contributed by atoms with Crippen LogP contribution in [-0.4, -0.2) is 54.1 Å². The molecule has 0 bridgehead atoms. The molecule has 2 saturated heterocycles. The Morgan fingerprint density at radius 1 is 0.941 bits per heavy atom. The molecular formula is C13H25N3O. The first-order valence-electron chi connectivity index (χ1n) is 6.96. The van der Waals surface area contributed by atoms with Gasteiger partial charge in [-0.2, -0.15) is 0 Å². The average Bonchev–Trinajstić information content (AvgIpc) is 2.55. The standard InChI is InChI=1S/C13H25N3O/c1-11-9-16(10-12(2)14-11)13(17)15-7-5-3-4-6-8-15/h11-12,14H,3-10H2,1-2H3. The van der Waals surface area contributed by atoms with Crippen LogP contribution in [0.1, 0.15) is 39.5 Å². The van der Waals surface area contributed by atoms with Crippen LogP contribution in [0, 0.1) is 0 Å². The predicted octanol–water partition coefficient (Wildman–Crippen LogP) is 1.66. The number of likely N-dealkylation sites (tertiary alicyclic amines) is 1. The van der Waals surface area contributed by atoms with Gasteiger partial charge in [-0.3, -0.25) is 0 Å². The Labute approximate surface area is 104 Å². The highest BCUT2D eigenvalue weighted by Gasteiger charge is 2.28. The summed E-state index contributed by atoms with van der Waals surface area (Å²) < 4.78 is 0. The van der Waals surface area contributed by atoms with E-state index in [9.17, 15) is 4.79 Å². The molecule has 2 unspecified atom stereocenters. The highest BCUT2D eigenvalue weighted by Crippen LogP contribution is 2.13. The predicted molar refractivity (Wildman–Crippen MR) is 69.1 cm³/mol. The molecule has 0 saturated carbocycles. The van der Waals surface area contributed by atoms with Crippen molar-refractivity contribution in [2.24, 2.45) is 0 Å². The van der Waals surface area contributed by atoms with Crippen LogP contribution in [-0.2, 0) is 0 Å². The minimum Gasteiger partial charge on any atom is -0.325 e. The van der Waals surface area contributed by atoms with Crippen molar-refractivity contribution in [1.29, 1.82) is 0 Å². The van der Waals surface area contributed by atoms with E-state index in [0.29, 0.717) is 12.1 Å². The molecule has 4 nitrogen and oxygen atoms in total. The van der Waals surface area contributed by atoms with E-state index in [-0.39, 0.29) is 6.03 Å². The fourth-order valence-electron chi connectivity index (χ4n) is 2.94. The summed E-state index contributed by atoms with van der Waals surface area (Å²) in [6.45, 7) is 7.90. The Bertz CT molecular complexity index is 251. The normalized spacial score (nSPS) is 31.2. The maximum absolute atomic E-state index is 12.4. The summed E-state index contributed by atoms with van der Waals surface area (Å²) in [5.74, 6) is 0. The third kappa shape index (κ3) is 3.35. The summed E-state index contributed by atoms with van der Waals surface area (Å²) in [6.07, 6.45) is 4.89. The van der Waals surface area contributed by atoms with Crippen molar-refractivity contribution < 1.29 is 4.79 Å². The van der Waals surface area contributed by atoms with Gasteiger partial charge in [-0.1, -0.05) is 12.8 Å². The van der Waals surface area contributed by atoms with Gasteiger partial charge in [0.25, 0.3) is 0 Å². The van der Waals surface area contributed by atoms with Crippen LogP contribution in [0.5, 0.6) is 0 Å². The third-order valence-corrected chi connectivity index (χ3v) is 3.70. The van der Waals surface area contributed by atoms with Gasteiger partial charge in [0.2, 0.25) is 0 Å². The minimum absolute atomic E-state index is 0.257. The number of piperazine rings is 1. The zero-order valence-electron chi connectivity index (χ0n) is 11.1. The molecule has 2 amide bonds. The molecule has 0 aromatic heterocycles. The number of rotatable bonds is 0. The van der Waals surface area contributed by atoms with Gasteiger partial charge >= 0.3 is 6.03 Å². The third-order valence-electron chi connectivity index (χ3n) is 3.70. The van der Waals surface area contributed by atoms with Crippen molar-refractivity contribution in [3.8, 4) is 0 Å². The largest absolute Gasteiger partial charge is 0.325 e. The molecule has 2 aliphatic heterocycles. The number of nitrogens with one attached hydrogen (secondary N) is 1. The molecule has 0 aliphatic carbocycles. The Morgan fingerprint density at radius 3 is 2.00 bits per heavy atom. The fourth-order valence-corrected chi connectivity index (χ4v) is 2.94. The summed E-state index contributed by atoms with van der Waals surface area (Å²) in [7, 11) is 0. The highest BCUT2D eigenvalue weighted by molar-refractivity contribution is 5.74. The summed E-state index contributed by atoms with van der Waals surface area (Å²) in [5.41, 5.74) is 0. The lowest BCUT2D eigenvalue weighted by atomic mass is 10.1. The van der Waals surface area contributed by atoms with Gasteiger partial charge in [0.1, 0.15) is 0 Å². The lowest BCUT2D eigenvalue weighted by molar-refractivity contribution is 0.129. The number of amides is 2. The Balaban J connectivity index is 1.93. The number of nitrogens with zero attached hydrogens (tertiary/aromatic N) is 2. The second-order valence-corrected chi connectivity index (χ2v) is 5.56. The molecule has 2 rings (SSSR count). The maximum atomic E-state index is 12.4. The van der Waals surface area contributed by atoms with Gasteiger partial charge in [0, 0.05) is 38.3 Å². The molecular weight excluding hydrogens is 214 g/mol. The lowest BCUT2D eigenvalue weighted by Crippen LogP contribution is -2.58. The van der Waals surface area contributed by atoms with Crippen molar-refractivity contribution in [1.82, 2.24) is 15.1 Å². The topological polar surface area (TPSA) is 35.6 Å². The Hall–Kier alpha value is -0.770. The van der Waals surface area contributed by atoms with Crippen molar-refractivity contribution in [3.05, 3.63) is 0 Å². The van der Waals surface area contributed by atoms with E-state index in [1.54, 1.807) is 0 Å². The Morgan fingerprint density at radius 2 is 1.47 bits per heavy atom. The van der Waals surface area contributed by atoms with Gasteiger partial charge in [-0.25, -0.2) is 4.79 Å². The summed E-state index contributed by atoms with van der Waals surface area (Å²) in [4.78, 5) is 16.5. The van der Waals surface area contributed by atoms with E-state index in [4.69, 9.17) is 0 Å². The van der Waals surface area contributed by atoms with E-state index in [2.05, 4.69) is 24.1 Å². The summed E-state index contributed by atoms with van der Waals surface area (Å²) in [5, 5.41) is 3.47. The van der Waals surface area contributed by atoms with Crippen LogP contribution >= 0.6 is 0 Å². The first-order valence-corrected chi connectivity index (χ1v) is 6.96. The molecule has 2 atom stereocenters. The molecule has 1 N–H and O–H groups in total. The molecule has 2 fully saturated rings. The van der Waals surface area contributed by atoms with Gasteiger partial charge in [0.15, 0.2) is 0 Å². The van der Waals surface area contributed by atoms with Crippen molar-refractivity contribution in [2.45, 2.75) is 51.6 Å². The highest BCUT2D eigenvalue weighted by atomic mass is 16.2. The van der Waals surface area contributed by atoms with E-state index < -0.39 is 0 Å². The number of hydrogen-bond donors (Lipinski definition) is 1. The van der Waals surface area contributed by atoms with E-state index in [1.807, 2.05) is 4.90 Å². The molecule has 2 aliphatic rings. The van der Waals surface area contributed by atoms with Gasteiger partial charge < -0.3 is 15.1 Å². The van der Waals surface area contributed by atoms with Crippen LogP contribution in [0.4, 0.5) is 4.79 Å². The van der Waals surface area contributed by atoms with E-state index >= 15 is 0 Å². The van der Waals surface area contributed by atoms with Crippen LogP contribution in [0.15, 0.2) is 0 Å². The molecule has 2 heterocycles. The molecule has 0 aromatic rings. The van der Waals surface area contributed by atoms with Crippen LogP contribution < -0.4 is 5.32 Å². The van der Waals surface area contributed by atoms with Crippen molar-refractivity contribution in [2.75, 3.05) is 26.2 Å². The SMILES string of the molecule is CC1CN(C(=O)N2CCCCCC2)CC(C)N1. The van der Waals surface area contributed by atoms with Crippen LogP contribution in [0.2, 0.25) is 0 Å². The molecule has 0 spiro atoms. The van der Waals surface area contributed by atoms with Crippen LogP contribution in [0.3, 0.4) is 0 Å². The second kappa shape index (κ2) is 5.71.